The molecule has 0 spiro atoms. The van der Waals surface area contributed by atoms with Crippen molar-refractivity contribution in [1.29, 1.82) is 5.26 Å². The van der Waals surface area contributed by atoms with Gasteiger partial charge in [0.2, 0.25) is 11.8 Å². The maximum absolute atomic E-state index is 12.2. The van der Waals surface area contributed by atoms with Crippen LogP contribution in [0.4, 0.5) is 5.82 Å². The van der Waals surface area contributed by atoms with E-state index < -0.39 is 0 Å². The summed E-state index contributed by atoms with van der Waals surface area (Å²) < 4.78 is 1.47. The summed E-state index contributed by atoms with van der Waals surface area (Å²) >= 11 is 0. The first kappa shape index (κ1) is 14.1. The molecule has 0 bridgehead atoms. The molecule has 20 heavy (non-hydrogen) atoms. The van der Waals surface area contributed by atoms with Crippen LogP contribution in [-0.4, -0.2) is 39.6 Å². The molecule has 1 aromatic rings. The van der Waals surface area contributed by atoms with E-state index in [4.69, 9.17) is 5.26 Å². The van der Waals surface area contributed by atoms with E-state index in [1.807, 2.05) is 6.07 Å². The first-order valence-electron chi connectivity index (χ1n) is 6.51. The number of aromatic nitrogens is 2. The number of nitriles is 1. The second-order valence-electron chi connectivity index (χ2n) is 4.91. The molecule has 0 radical (unpaired) electrons. The highest BCUT2D eigenvalue weighted by Crippen LogP contribution is 2.20. The third-order valence-electron chi connectivity index (χ3n) is 3.61. The number of carbonyl (C=O) groups excluding carboxylic acids is 2. The lowest BCUT2D eigenvalue weighted by molar-refractivity contribution is -0.132. The Morgan fingerprint density at radius 3 is 2.65 bits per heavy atom. The molecule has 2 amide bonds. The molecule has 0 aromatic carbocycles. The normalized spacial score (nSPS) is 15.8. The number of anilines is 1. The average Bonchev–Trinajstić information content (AvgIpc) is 2.79. The molecule has 7 heteroatoms. The third-order valence-corrected chi connectivity index (χ3v) is 3.61. The molecule has 106 valence electrons. The number of likely N-dealkylation sites (tertiary alicyclic amines) is 1. The number of rotatable bonds is 2. The second kappa shape index (κ2) is 5.74. The first-order chi connectivity index (χ1) is 9.52. The van der Waals surface area contributed by atoms with E-state index >= 15 is 0 Å². The number of nitrogens with zero attached hydrogens (tertiary/aromatic N) is 4. The molecule has 0 unspecified atom stereocenters. The molecule has 0 atom stereocenters. The van der Waals surface area contributed by atoms with Crippen LogP contribution in [0.25, 0.3) is 0 Å². The number of hydrogen-bond donors (Lipinski definition) is 1. The van der Waals surface area contributed by atoms with Crippen LogP contribution in [0.3, 0.4) is 0 Å². The van der Waals surface area contributed by atoms with Gasteiger partial charge in [-0.3, -0.25) is 14.3 Å². The van der Waals surface area contributed by atoms with Crippen molar-refractivity contribution in [2.24, 2.45) is 13.0 Å². The average molecular weight is 275 g/mol. The lowest BCUT2D eigenvalue weighted by atomic mass is 9.96. The van der Waals surface area contributed by atoms with Crippen LogP contribution in [0, 0.1) is 17.2 Å². The van der Waals surface area contributed by atoms with Gasteiger partial charge in [-0.25, -0.2) is 0 Å². The van der Waals surface area contributed by atoms with Crippen molar-refractivity contribution in [3.05, 3.63) is 11.8 Å². The first-order valence-corrected chi connectivity index (χ1v) is 6.51. The molecule has 1 aromatic heterocycles. The molecule has 2 heterocycles. The van der Waals surface area contributed by atoms with Gasteiger partial charge in [-0.05, 0) is 12.8 Å². The van der Waals surface area contributed by atoms with Crippen LogP contribution in [0.15, 0.2) is 6.20 Å². The Balaban J connectivity index is 1.98. The summed E-state index contributed by atoms with van der Waals surface area (Å²) in [6.45, 7) is 2.74. The second-order valence-corrected chi connectivity index (χ2v) is 4.91. The summed E-state index contributed by atoms with van der Waals surface area (Å²) in [4.78, 5) is 25.2. The van der Waals surface area contributed by atoms with Crippen molar-refractivity contribution in [2.45, 2.75) is 19.8 Å². The molecule has 2 rings (SSSR count). The zero-order valence-electron chi connectivity index (χ0n) is 11.6. The van der Waals surface area contributed by atoms with Crippen LogP contribution in [0.2, 0.25) is 0 Å². The summed E-state index contributed by atoms with van der Waals surface area (Å²) in [5, 5.41) is 15.7. The quantitative estimate of drug-likeness (QED) is 0.850. The topological polar surface area (TPSA) is 91.0 Å². The van der Waals surface area contributed by atoms with Crippen molar-refractivity contribution < 1.29 is 9.59 Å². The van der Waals surface area contributed by atoms with E-state index in [1.54, 1.807) is 11.9 Å². The molecule has 0 saturated carbocycles. The molecular formula is C13H17N5O2. The Labute approximate surface area is 117 Å². The van der Waals surface area contributed by atoms with Gasteiger partial charge in [-0.1, -0.05) is 0 Å². The highest BCUT2D eigenvalue weighted by molar-refractivity contribution is 5.93. The Kier molecular flexibility index (Phi) is 4.03. The van der Waals surface area contributed by atoms with Crippen molar-refractivity contribution in [2.75, 3.05) is 18.4 Å². The zero-order chi connectivity index (χ0) is 14.7. The Hall–Kier alpha value is -2.36. The number of amides is 2. The number of carbonyl (C=O) groups is 2. The minimum absolute atomic E-state index is 0.0438. The van der Waals surface area contributed by atoms with E-state index in [1.165, 1.54) is 17.8 Å². The van der Waals surface area contributed by atoms with Gasteiger partial charge in [0.25, 0.3) is 0 Å². The molecule has 1 aliphatic rings. The summed E-state index contributed by atoms with van der Waals surface area (Å²) in [7, 11) is 1.68. The van der Waals surface area contributed by atoms with Crippen LogP contribution in [0.5, 0.6) is 0 Å². The summed E-state index contributed by atoms with van der Waals surface area (Å²) in [5.74, 6) is 0.217. The van der Waals surface area contributed by atoms with Crippen LogP contribution in [-0.2, 0) is 16.6 Å². The molecule has 1 saturated heterocycles. The minimum atomic E-state index is -0.132. The van der Waals surface area contributed by atoms with Gasteiger partial charge in [-0.15, -0.1) is 0 Å². The van der Waals surface area contributed by atoms with Gasteiger partial charge < -0.3 is 10.2 Å². The molecular weight excluding hydrogens is 258 g/mol. The third kappa shape index (κ3) is 2.79. The van der Waals surface area contributed by atoms with Gasteiger partial charge in [0.15, 0.2) is 0 Å². The van der Waals surface area contributed by atoms with Gasteiger partial charge in [0, 0.05) is 33.0 Å². The van der Waals surface area contributed by atoms with Crippen LogP contribution in [0.1, 0.15) is 25.3 Å². The molecule has 1 aliphatic heterocycles. The SMILES string of the molecule is CC(=O)N1CCC(C(=O)Nc2c(C#N)cnn2C)CC1. The fraction of sp³-hybridized carbons (Fsp3) is 0.538. The van der Waals surface area contributed by atoms with Gasteiger partial charge >= 0.3 is 0 Å². The predicted molar refractivity (Wildman–Crippen MR) is 71.5 cm³/mol. The number of hydrogen-bond acceptors (Lipinski definition) is 4. The van der Waals surface area contributed by atoms with E-state index in [9.17, 15) is 9.59 Å². The predicted octanol–water partition coefficient (Wildman–Crippen LogP) is 0.489. The standard InChI is InChI=1S/C13H17N5O2/c1-9(19)18-5-3-10(4-6-18)13(20)16-12-11(7-14)8-15-17(12)2/h8,10H,3-6H2,1-2H3,(H,16,20). The van der Waals surface area contributed by atoms with E-state index in [-0.39, 0.29) is 17.7 Å². The molecule has 0 aliphatic carbocycles. The number of aryl methyl sites for hydroxylation is 1. The fourth-order valence-electron chi connectivity index (χ4n) is 2.34. The van der Waals surface area contributed by atoms with Crippen molar-refractivity contribution >= 4 is 17.6 Å². The lowest BCUT2D eigenvalue weighted by Crippen LogP contribution is -2.40. The maximum Gasteiger partial charge on any atom is 0.228 e. The van der Waals surface area contributed by atoms with E-state index in [0.717, 1.165) is 0 Å². The number of piperidine rings is 1. The number of nitrogens with one attached hydrogen (secondary N) is 1. The monoisotopic (exact) mass is 275 g/mol. The van der Waals surface area contributed by atoms with E-state index in [0.29, 0.717) is 37.3 Å². The van der Waals surface area contributed by atoms with Crippen molar-refractivity contribution in [3.8, 4) is 6.07 Å². The summed E-state index contributed by atoms with van der Waals surface area (Å²) in [6.07, 6.45) is 2.71. The van der Waals surface area contributed by atoms with E-state index in [2.05, 4.69) is 10.4 Å². The summed E-state index contributed by atoms with van der Waals surface area (Å²) in [6, 6.07) is 2.00. The Morgan fingerprint density at radius 2 is 2.10 bits per heavy atom. The van der Waals surface area contributed by atoms with Gasteiger partial charge in [-0.2, -0.15) is 10.4 Å². The minimum Gasteiger partial charge on any atom is -0.343 e. The molecule has 7 nitrogen and oxygen atoms in total. The fourth-order valence-corrected chi connectivity index (χ4v) is 2.34. The molecule has 1 fully saturated rings. The van der Waals surface area contributed by atoms with Crippen molar-refractivity contribution in [1.82, 2.24) is 14.7 Å². The van der Waals surface area contributed by atoms with Crippen LogP contribution < -0.4 is 5.32 Å². The highest BCUT2D eigenvalue weighted by Gasteiger charge is 2.27. The zero-order valence-corrected chi connectivity index (χ0v) is 11.6. The maximum atomic E-state index is 12.2. The highest BCUT2D eigenvalue weighted by atomic mass is 16.2. The Bertz CT molecular complexity index is 564. The smallest absolute Gasteiger partial charge is 0.228 e. The van der Waals surface area contributed by atoms with Crippen LogP contribution >= 0.6 is 0 Å². The van der Waals surface area contributed by atoms with Crippen molar-refractivity contribution in [3.63, 3.8) is 0 Å². The Morgan fingerprint density at radius 1 is 1.45 bits per heavy atom. The summed E-state index contributed by atoms with van der Waals surface area (Å²) in [5.41, 5.74) is 0.349. The van der Waals surface area contributed by atoms with Gasteiger partial charge in [0.1, 0.15) is 17.5 Å². The largest absolute Gasteiger partial charge is 0.343 e. The lowest BCUT2D eigenvalue weighted by Gasteiger charge is -2.30. The van der Waals surface area contributed by atoms with Gasteiger partial charge in [0.05, 0.1) is 6.20 Å². The molecule has 1 N–H and O–H groups in total.